The Balaban J connectivity index is 2.55. The summed E-state index contributed by atoms with van der Waals surface area (Å²) in [6.45, 7) is 1.78. The van der Waals surface area contributed by atoms with Crippen molar-refractivity contribution in [1.29, 1.82) is 0 Å². The Morgan fingerprint density at radius 3 is 2.78 bits per heavy atom. The number of carbonyl (C=O) groups is 1. The summed E-state index contributed by atoms with van der Waals surface area (Å²) in [5.41, 5.74) is 4.34. The second kappa shape index (κ2) is 2.30. The number of carbonyl (C=O) groups excluding carboxylic acids is 1. The zero-order chi connectivity index (χ0) is 6.85. The Bertz CT molecular complexity index is 127. The smallest absolute Gasteiger partial charge is 0.252 e. The van der Waals surface area contributed by atoms with E-state index in [4.69, 9.17) is 0 Å². The summed E-state index contributed by atoms with van der Waals surface area (Å²) in [5, 5.41) is 11.1. The molecule has 1 rings (SSSR count). The Labute approximate surface area is 52.5 Å². The van der Waals surface area contributed by atoms with Crippen molar-refractivity contribution in [1.82, 2.24) is 16.1 Å². The van der Waals surface area contributed by atoms with Crippen molar-refractivity contribution in [2.24, 2.45) is 0 Å². The second-order valence-electron chi connectivity index (χ2n) is 1.85. The quantitative estimate of drug-likeness (QED) is 0.483. The minimum Gasteiger partial charge on any atom is -0.770 e. The third kappa shape index (κ3) is 1.02. The van der Waals surface area contributed by atoms with Gasteiger partial charge in [0.05, 0.1) is 6.04 Å². The van der Waals surface area contributed by atoms with Crippen molar-refractivity contribution >= 4 is 5.91 Å². The summed E-state index contributed by atoms with van der Waals surface area (Å²) in [6.07, 6.45) is 0.530. The summed E-state index contributed by atoms with van der Waals surface area (Å²) >= 11 is 0. The van der Waals surface area contributed by atoms with Crippen LogP contribution in [0.1, 0.15) is 13.3 Å². The number of amides is 1. The van der Waals surface area contributed by atoms with Gasteiger partial charge in [-0.15, -0.1) is 0 Å². The molecule has 5 heteroatoms. The number of hydrazine groups is 2. The Morgan fingerprint density at radius 1 is 1.89 bits per heavy atom. The lowest BCUT2D eigenvalue weighted by Crippen LogP contribution is -2.33. The fraction of sp³-hybridized carbons (Fsp3) is 0.750. The normalized spacial score (nSPS) is 28.7. The first kappa shape index (κ1) is 6.47. The van der Waals surface area contributed by atoms with Gasteiger partial charge in [0, 0.05) is 0 Å². The molecule has 52 valence electrons. The monoisotopic (exact) mass is 130 g/mol. The topological polar surface area (TPSA) is 67.4 Å². The molecule has 0 aromatic heterocycles. The molecule has 2 N–H and O–H groups in total. The van der Waals surface area contributed by atoms with Crippen LogP contribution in [0.3, 0.4) is 0 Å². The first-order chi connectivity index (χ1) is 4.25. The van der Waals surface area contributed by atoms with Crippen LogP contribution in [-0.2, 0) is 4.79 Å². The highest BCUT2D eigenvalue weighted by Gasteiger charge is 2.23. The van der Waals surface area contributed by atoms with Crippen molar-refractivity contribution < 1.29 is 4.79 Å². The molecule has 0 aliphatic carbocycles. The molecule has 1 heterocycles. The van der Waals surface area contributed by atoms with Gasteiger partial charge in [-0.25, -0.2) is 0 Å². The van der Waals surface area contributed by atoms with Gasteiger partial charge in [0.25, 0.3) is 5.91 Å². The van der Waals surface area contributed by atoms with Crippen LogP contribution in [0.2, 0.25) is 0 Å². The molecule has 9 heavy (non-hydrogen) atoms. The summed E-state index contributed by atoms with van der Waals surface area (Å²) < 4.78 is 0. The SMILES string of the molecule is CCC1C(=O)NNN1[O-]. The van der Waals surface area contributed by atoms with Crippen molar-refractivity contribution in [3.63, 3.8) is 0 Å². The van der Waals surface area contributed by atoms with Crippen molar-refractivity contribution in [2.75, 3.05) is 0 Å². The van der Waals surface area contributed by atoms with Gasteiger partial charge in [0.2, 0.25) is 0 Å². The maximum atomic E-state index is 10.6. The predicted molar refractivity (Wildman–Crippen MR) is 30.6 cm³/mol. The molecule has 0 saturated carbocycles. The van der Waals surface area contributed by atoms with Crippen molar-refractivity contribution in [3.8, 4) is 0 Å². The van der Waals surface area contributed by atoms with Crippen LogP contribution >= 0.6 is 0 Å². The summed E-state index contributed by atoms with van der Waals surface area (Å²) in [4.78, 5) is 10.6. The summed E-state index contributed by atoms with van der Waals surface area (Å²) in [7, 11) is 0. The Morgan fingerprint density at radius 2 is 2.56 bits per heavy atom. The summed E-state index contributed by atoms with van der Waals surface area (Å²) in [6, 6.07) is -0.551. The van der Waals surface area contributed by atoms with Crippen LogP contribution in [-0.4, -0.2) is 17.1 Å². The van der Waals surface area contributed by atoms with E-state index in [0.717, 1.165) is 0 Å². The molecular formula is C4H8N3O2-. The molecule has 0 radical (unpaired) electrons. The second-order valence-corrected chi connectivity index (χ2v) is 1.85. The average molecular weight is 130 g/mol. The van der Waals surface area contributed by atoms with Gasteiger partial charge in [0.15, 0.2) is 0 Å². The van der Waals surface area contributed by atoms with E-state index in [9.17, 15) is 10.0 Å². The van der Waals surface area contributed by atoms with E-state index in [0.29, 0.717) is 11.6 Å². The molecule has 1 aliphatic rings. The van der Waals surface area contributed by atoms with Crippen molar-refractivity contribution in [2.45, 2.75) is 19.4 Å². The zero-order valence-electron chi connectivity index (χ0n) is 5.05. The van der Waals surface area contributed by atoms with Crippen molar-refractivity contribution in [3.05, 3.63) is 5.21 Å². The van der Waals surface area contributed by atoms with Gasteiger partial charge in [0.1, 0.15) is 0 Å². The molecule has 1 atom stereocenters. The minimum atomic E-state index is -0.551. The first-order valence-electron chi connectivity index (χ1n) is 2.77. The zero-order valence-corrected chi connectivity index (χ0v) is 5.05. The summed E-state index contributed by atoms with van der Waals surface area (Å²) in [5.74, 6) is -0.257. The van der Waals surface area contributed by atoms with Crippen LogP contribution in [0, 0.1) is 5.21 Å². The van der Waals surface area contributed by atoms with E-state index in [1.165, 1.54) is 0 Å². The van der Waals surface area contributed by atoms with E-state index in [1.54, 1.807) is 6.92 Å². The predicted octanol–water partition coefficient (Wildman–Crippen LogP) is -0.886. The highest BCUT2D eigenvalue weighted by molar-refractivity contribution is 5.82. The lowest BCUT2D eigenvalue weighted by atomic mass is 10.2. The van der Waals surface area contributed by atoms with Crippen LogP contribution in [0.5, 0.6) is 0 Å². The highest BCUT2D eigenvalue weighted by Crippen LogP contribution is 2.02. The third-order valence-electron chi connectivity index (χ3n) is 1.26. The molecule has 0 spiro atoms. The molecule has 1 amide bonds. The molecular weight excluding hydrogens is 122 g/mol. The van der Waals surface area contributed by atoms with Crippen LogP contribution < -0.4 is 11.0 Å². The molecule has 1 unspecified atom stereocenters. The fourth-order valence-electron chi connectivity index (χ4n) is 0.729. The van der Waals surface area contributed by atoms with E-state index < -0.39 is 6.04 Å². The van der Waals surface area contributed by atoms with Crippen LogP contribution in [0.15, 0.2) is 0 Å². The van der Waals surface area contributed by atoms with Gasteiger partial charge in [-0.05, 0) is 6.42 Å². The minimum absolute atomic E-state index is 0.257. The maximum absolute atomic E-state index is 10.6. The molecule has 1 saturated heterocycles. The number of hydroxylamine groups is 1. The Hall–Kier alpha value is -0.650. The molecule has 0 aromatic carbocycles. The number of nitrogens with one attached hydrogen (secondary N) is 2. The average Bonchev–Trinajstić information content (AvgIpc) is 2.12. The fourth-order valence-corrected chi connectivity index (χ4v) is 0.729. The number of hydrogen-bond donors (Lipinski definition) is 2. The molecule has 5 nitrogen and oxygen atoms in total. The van der Waals surface area contributed by atoms with Gasteiger partial charge in [-0.3, -0.25) is 15.4 Å². The first-order valence-corrected chi connectivity index (χ1v) is 2.77. The number of nitrogens with zero attached hydrogens (tertiary/aromatic N) is 1. The number of hydrogen-bond acceptors (Lipinski definition) is 4. The van der Waals surface area contributed by atoms with E-state index in [-0.39, 0.29) is 5.91 Å². The number of rotatable bonds is 1. The Kier molecular flexibility index (Phi) is 1.65. The highest BCUT2D eigenvalue weighted by atomic mass is 16.6. The van der Waals surface area contributed by atoms with E-state index >= 15 is 0 Å². The van der Waals surface area contributed by atoms with E-state index in [2.05, 4.69) is 11.0 Å². The molecule has 1 aliphatic heterocycles. The standard InChI is InChI=1S/C4H8N3O2/c1-2-3-4(8)5-6-7(3)9/h3,6H,2H2,1H3,(H,5,8)/q-1. The van der Waals surface area contributed by atoms with E-state index in [1.807, 2.05) is 0 Å². The largest absolute Gasteiger partial charge is 0.770 e. The van der Waals surface area contributed by atoms with Gasteiger partial charge in [-0.2, -0.15) is 5.53 Å². The third-order valence-corrected chi connectivity index (χ3v) is 1.26. The lowest BCUT2D eigenvalue weighted by molar-refractivity contribution is -0.121. The lowest BCUT2D eigenvalue weighted by Gasteiger charge is -2.24. The van der Waals surface area contributed by atoms with Crippen LogP contribution in [0.4, 0.5) is 0 Å². The van der Waals surface area contributed by atoms with Gasteiger partial charge < -0.3 is 5.21 Å². The van der Waals surface area contributed by atoms with Gasteiger partial charge >= 0.3 is 0 Å². The molecule has 0 bridgehead atoms. The van der Waals surface area contributed by atoms with Crippen LogP contribution in [0.25, 0.3) is 0 Å². The molecule has 1 fully saturated rings. The van der Waals surface area contributed by atoms with Gasteiger partial charge in [-0.1, -0.05) is 6.92 Å². The molecule has 0 aromatic rings. The maximum Gasteiger partial charge on any atom is 0.252 e.